The maximum atomic E-state index is 11.0. The Morgan fingerprint density at radius 1 is 0.941 bits per heavy atom. The molecule has 0 spiro atoms. The van der Waals surface area contributed by atoms with Gasteiger partial charge in [-0.05, 0) is 12.1 Å². The van der Waals surface area contributed by atoms with Crippen LogP contribution in [0.15, 0.2) is 30.3 Å². The minimum Gasteiger partial charge on any atom is -0.377 e. The molecule has 0 atom stereocenters. The third kappa shape index (κ3) is 1.80. The van der Waals surface area contributed by atoms with Crippen LogP contribution in [-0.4, -0.2) is 26.7 Å². The minimum absolute atomic E-state index is 0.549. The summed E-state index contributed by atoms with van der Waals surface area (Å²) in [5.41, 5.74) is 2.09. The molecule has 0 saturated carbocycles. The monoisotopic (exact) mass is 227 g/mol. The third-order valence-electron chi connectivity index (χ3n) is 2.82. The van der Waals surface area contributed by atoms with Crippen molar-refractivity contribution in [3.05, 3.63) is 41.5 Å². The van der Waals surface area contributed by atoms with Crippen LogP contribution in [0.2, 0.25) is 0 Å². The van der Waals surface area contributed by atoms with Crippen LogP contribution in [0, 0.1) is 0 Å². The van der Waals surface area contributed by atoms with Gasteiger partial charge in [0.25, 0.3) is 0 Å². The van der Waals surface area contributed by atoms with Crippen molar-refractivity contribution in [3.63, 3.8) is 0 Å². The van der Waals surface area contributed by atoms with E-state index < -0.39 is 0 Å². The van der Waals surface area contributed by atoms with Gasteiger partial charge in [-0.15, -0.1) is 0 Å². The van der Waals surface area contributed by atoms with E-state index in [0.717, 1.165) is 29.0 Å². The molecule has 2 aromatic carbocycles. The zero-order valence-electron chi connectivity index (χ0n) is 9.81. The lowest BCUT2D eigenvalue weighted by atomic mass is 9.98. The second-order valence-electron chi connectivity index (χ2n) is 4.07. The van der Waals surface area contributed by atoms with E-state index in [0.29, 0.717) is 11.1 Å². The zero-order chi connectivity index (χ0) is 12.4. The van der Waals surface area contributed by atoms with E-state index in [4.69, 9.17) is 0 Å². The van der Waals surface area contributed by atoms with Gasteiger partial charge in [0.1, 0.15) is 0 Å². The average Bonchev–Trinajstić information content (AvgIpc) is 2.36. The fourth-order valence-electron chi connectivity index (χ4n) is 2.03. The molecule has 0 unspecified atom stereocenters. The van der Waals surface area contributed by atoms with Crippen molar-refractivity contribution < 1.29 is 9.59 Å². The summed E-state index contributed by atoms with van der Waals surface area (Å²) in [6.07, 6.45) is 1.57. The van der Waals surface area contributed by atoms with E-state index in [1.165, 1.54) is 0 Å². The Labute approximate surface area is 99.7 Å². The first kappa shape index (κ1) is 11.3. The summed E-state index contributed by atoms with van der Waals surface area (Å²) in [7, 11) is 3.87. The first-order valence-electron chi connectivity index (χ1n) is 5.32. The van der Waals surface area contributed by atoms with Crippen LogP contribution in [0.5, 0.6) is 0 Å². The molecule has 2 rings (SSSR count). The van der Waals surface area contributed by atoms with Crippen molar-refractivity contribution in [1.29, 1.82) is 0 Å². The van der Waals surface area contributed by atoms with Crippen LogP contribution < -0.4 is 4.90 Å². The van der Waals surface area contributed by atoms with E-state index in [1.807, 2.05) is 37.2 Å². The molecule has 0 saturated heterocycles. The molecule has 0 aliphatic carbocycles. The van der Waals surface area contributed by atoms with E-state index in [2.05, 4.69) is 0 Å². The molecular formula is C14H13NO2. The standard InChI is InChI=1S/C14H13NO2/c1-15(2)13-7-6-11(9-17)14-10(8-16)4-3-5-12(13)14/h3-9H,1-2H3. The van der Waals surface area contributed by atoms with Crippen LogP contribution in [0.3, 0.4) is 0 Å². The van der Waals surface area contributed by atoms with Gasteiger partial charge < -0.3 is 4.90 Å². The van der Waals surface area contributed by atoms with Crippen molar-refractivity contribution in [3.8, 4) is 0 Å². The maximum Gasteiger partial charge on any atom is 0.150 e. The first-order chi connectivity index (χ1) is 8.19. The molecule has 3 nitrogen and oxygen atoms in total. The molecule has 17 heavy (non-hydrogen) atoms. The summed E-state index contributed by atoms with van der Waals surface area (Å²) >= 11 is 0. The molecular weight excluding hydrogens is 214 g/mol. The molecule has 0 fully saturated rings. The highest BCUT2D eigenvalue weighted by atomic mass is 16.1. The van der Waals surface area contributed by atoms with E-state index in [-0.39, 0.29) is 0 Å². The third-order valence-corrected chi connectivity index (χ3v) is 2.82. The van der Waals surface area contributed by atoms with E-state index in [1.54, 1.807) is 12.1 Å². The van der Waals surface area contributed by atoms with Gasteiger partial charge >= 0.3 is 0 Å². The number of fused-ring (bicyclic) bond motifs is 1. The maximum absolute atomic E-state index is 11.0. The summed E-state index contributed by atoms with van der Waals surface area (Å²) in [5, 5.41) is 1.65. The van der Waals surface area contributed by atoms with Gasteiger partial charge in [0.2, 0.25) is 0 Å². The molecule has 0 aliphatic rings. The molecule has 0 bridgehead atoms. The van der Waals surface area contributed by atoms with Gasteiger partial charge in [-0.3, -0.25) is 9.59 Å². The fraction of sp³-hybridized carbons (Fsp3) is 0.143. The second-order valence-corrected chi connectivity index (χ2v) is 4.07. The number of hydrogen-bond donors (Lipinski definition) is 0. The largest absolute Gasteiger partial charge is 0.377 e. The molecule has 0 heterocycles. The molecule has 0 aromatic heterocycles. The van der Waals surface area contributed by atoms with Crippen LogP contribution in [0.25, 0.3) is 10.8 Å². The SMILES string of the molecule is CN(C)c1ccc(C=O)c2c(C=O)cccc12. The number of nitrogens with zero attached hydrogens (tertiary/aromatic N) is 1. The normalized spacial score (nSPS) is 10.2. The van der Waals surface area contributed by atoms with Crippen molar-refractivity contribution in [2.75, 3.05) is 19.0 Å². The van der Waals surface area contributed by atoms with Crippen molar-refractivity contribution >= 4 is 29.0 Å². The summed E-state index contributed by atoms with van der Waals surface area (Å²) < 4.78 is 0. The van der Waals surface area contributed by atoms with Gasteiger partial charge in [0.15, 0.2) is 12.6 Å². The number of hydrogen-bond acceptors (Lipinski definition) is 3. The Hall–Kier alpha value is -2.16. The van der Waals surface area contributed by atoms with Crippen LogP contribution in [0.1, 0.15) is 20.7 Å². The van der Waals surface area contributed by atoms with Crippen LogP contribution in [0.4, 0.5) is 5.69 Å². The summed E-state index contributed by atoms with van der Waals surface area (Å²) in [4.78, 5) is 24.0. The lowest BCUT2D eigenvalue weighted by molar-refractivity contribution is 0.112. The molecule has 2 aromatic rings. The molecule has 3 heteroatoms. The smallest absolute Gasteiger partial charge is 0.150 e. The molecule has 0 radical (unpaired) electrons. The van der Waals surface area contributed by atoms with Gasteiger partial charge in [0, 0.05) is 41.7 Å². The Bertz CT molecular complexity index is 574. The van der Waals surface area contributed by atoms with Gasteiger partial charge in [0.05, 0.1) is 0 Å². The molecule has 86 valence electrons. The quantitative estimate of drug-likeness (QED) is 0.756. The Balaban J connectivity index is 2.94. The lowest BCUT2D eigenvalue weighted by Crippen LogP contribution is -2.09. The summed E-state index contributed by atoms with van der Waals surface area (Å²) in [6.45, 7) is 0. The van der Waals surface area contributed by atoms with Crippen LogP contribution >= 0.6 is 0 Å². The first-order valence-corrected chi connectivity index (χ1v) is 5.32. The molecule has 0 N–H and O–H groups in total. The Kier molecular flexibility index (Phi) is 2.91. The number of carbonyl (C=O) groups is 2. The summed E-state index contributed by atoms with van der Waals surface area (Å²) in [6, 6.07) is 9.11. The molecule has 0 aliphatic heterocycles. The van der Waals surface area contributed by atoms with E-state index >= 15 is 0 Å². The van der Waals surface area contributed by atoms with Crippen molar-refractivity contribution in [1.82, 2.24) is 0 Å². The second kappa shape index (κ2) is 4.37. The number of rotatable bonds is 3. The minimum atomic E-state index is 0.549. The number of anilines is 1. The topological polar surface area (TPSA) is 37.4 Å². The van der Waals surface area contributed by atoms with Gasteiger partial charge in [-0.2, -0.15) is 0 Å². The lowest BCUT2D eigenvalue weighted by Gasteiger charge is -2.17. The summed E-state index contributed by atoms with van der Waals surface area (Å²) in [5.74, 6) is 0. The number of carbonyl (C=O) groups excluding carboxylic acids is 2. The predicted octanol–water partition coefficient (Wildman–Crippen LogP) is 2.53. The van der Waals surface area contributed by atoms with Gasteiger partial charge in [-0.25, -0.2) is 0 Å². The van der Waals surface area contributed by atoms with Gasteiger partial charge in [-0.1, -0.05) is 18.2 Å². The Morgan fingerprint density at radius 3 is 2.18 bits per heavy atom. The van der Waals surface area contributed by atoms with E-state index in [9.17, 15) is 9.59 Å². The number of aldehydes is 2. The predicted molar refractivity (Wildman–Crippen MR) is 69.1 cm³/mol. The molecule has 0 amide bonds. The van der Waals surface area contributed by atoms with Crippen molar-refractivity contribution in [2.24, 2.45) is 0 Å². The van der Waals surface area contributed by atoms with Crippen molar-refractivity contribution in [2.45, 2.75) is 0 Å². The van der Waals surface area contributed by atoms with Crippen LogP contribution in [-0.2, 0) is 0 Å². The zero-order valence-corrected chi connectivity index (χ0v) is 9.81. The fourth-order valence-corrected chi connectivity index (χ4v) is 2.03. The Morgan fingerprint density at radius 2 is 1.59 bits per heavy atom. The highest BCUT2D eigenvalue weighted by Gasteiger charge is 2.10. The highest BCUT2D eigenvalue weighted by Crippen LogP contribution is 2.29. The average molecular weight is 227 g/mol. The highest BCUT2D eigenvalue weighted by molar-refractivity contribution is 6.10. The number of benzene rings is 2.